The fourth-order valence-corrected chi connectivity index (χ4v) is 4.08. The summed E-state index contributed by atoms with van der Waals surface area (Å²) in [5.41, 5.74) is 0.616. The number of sulfone groups is 1. The van der Waals surface area contributed by atoms with Gasteiger partial charge in [0.05, 0.1) is 18.1 Å². The number of benzene rings is 1. The van der Waals surface area contributed by atoms with Crippen molar-refractivity contribution < 1.29 is 22.7 Å². The Hall–Kier alpha value is -1.80. The maximum atomic E-state index is 11.8. The van der Waals surface area contributed by atoms with Crippen LogP contribution in [0.15, 0.2) is 18.2 Å². The summed E-state index contributed by atoms with van der Waals surface area (Å²) in [5.74, 6) is 1.32. The second-order valence-corrected chi connectivity index (χ2v) is 7.33. The van der Waals surface area contributed by atoms with Gasteiger partial charge in [0.25, 0.3) is 0 Å². The molecule has 0 radical (unpaired) electrons. The summed E-state index contributed by atoms with van der Waals surface area (Å²) >= 11 is 0. The highest BCUT2D eigenvalue weighted by Crippen LogP contribution is 2.34. The number of amides is 1. The third-order valence-electron chi connectivity index (χ3n) is 3.44. The average molecular weight is 312 g/mol. The molecule has 0 saturated carbocycles. The van der Waals surface area contributed by atoms with Crippen LogP contribution in [-0.2, 0) is 14.6 Å². The molecule has 1 atom stereocenters. The summed E-state index contributed by atoms with van der Waals surface area (Å²) in [7, 11) is -2.93. The molecule has 114 valence electrons. The molecule has 7 nitrogen and oxygen atoms in total. The van der Waals surface area contributed by atoms with E-state index >= 15 is 0 Å². The second-order valence-electron chi connectivity index (χ2n) is 5.10. The molecule has 2 heterocycles. The molecular formula is C13H16N2O5S. The predicted octanol–water partition coefficient (Wildman–Crippen LogP) is 0.131. The normalized spacial score (nSPS) is 22.2. The first kappa shape index (κ1) is 14.2. The lowest BCUT2D eigenvalue weighted by Crippen LogP contribution is -2.36. The van der Waals surface area contributed by atoms with Crippen molar-refractivity contribution >= 4 is 21.4 Å². The monoisotopic (exact) mass is 312 g/mol. The van der Waals surface area contributed by atoms with Crippen LogP contribution in [0.25, 0.3) is 0 Å². The molecule has 1 unspecified atom stereocenters. The molecule has 1 saturated heterocycles. The van der Waals surface area contributed by atoms with E-state index in [1.165, 1.54) is 0 Å². The van der Waals surface area contributed by atoms with Crippen LogP contribution in [0.4, 0.5) is 5.69 Å². The van der Waals surface area contributed by atoms with E-state index < -0.39 is 9.84 Å². The SMILES string of the molecule is O=C(CNC1CCS(=O)(=O)C1)Nc1ccc2c(c1)OCO2. The van der Waals surface area contributed by atoms with Gasteiger partial charge in [-0.3, -0.25) is 4.79 Å². The average Bonchev–Trinajstić information content (AvgIpc) is 3.02. The number of hydrogen-bond acceptors (Lipinski definition) is 6. The summed E-state index contributed by atoms with van der Waals surface area (Å²) in [6.45, 7) is 0.263. The molecule has 0 spiro atoms. The van der Waals surface area contributed by atoms with E-state index in [0.717, 1.165) is 0 Å². The number of hydrogen-bond donors (Lipinski definition) is 2. The Bertz CT molecular complexity index is 659. The largest absolute Gasteiger partial charge is 0.454 e. The van der Waals surface area contributed by atoms with Gasteiger partial charge in [0.1, 0.15) is 0 Å². The summed E-state index contributed by atoms with van der Waals surface area (Å²) in [4.78, 5) is 11.8. The zero-order valence-corrected chi connectivity index (χ0v) is 12.1. The van der Waals surface area contributed by atoms with Gasteiger partial charge >= 0.3 is 0 Å². The molecule has 1 fully saturated rings. The van der Waals surface area contributed by atoms with Gasteiger partial charge in [-0.25, -0.2) is 8.42 Å². The number of ether oxygens (including phenoxy) is 2. The van der Waals surface area contributed by atoms with Crippen molar-refractivity contribution in [3.05, 3.63) is 18.2 Å². The molecule has 0 bridgehead atoms. The van der Waals surface area contributed by atoms with Gasteiger partial charge in [-0.15, -0.1) is 0 Å². The molecule has 2 aliphatic rings. The number of fused-ring (bicyclic) bond motifs is 1. The van der Waals surface area contributed by atoms with Crippen LogP contribution < -0.4 is 20.1 Å². The van der Waals surface area contributed by atoms with Crippen LogP contribution in [0.2, 0.25) is 0 Å². The lowest BCUT2D eigenvalue weighted by atomic mass is 10.2. The fraction of sp³-hybridized carbons (Fsp3) is 0.462. The van der Waals surface area contributed by atoms with Gasteiger partial charge in [0.2, 0.25) is 12.7 Å². The third kappa shape index (κ3) is 3.45. The molecule has 21 heavy (non-hydrogen) atoms. The van der Waals surface area contributed by atoms with E-state index in [0.29, 0.717) is 23.6 Å². The van der Waals surface area contributed by atoms with Crippen molar-refractivity contribution in [1.29, 1.82) is 0 Å². The maximum Gasteiger partial charge on any atom is 0.238 e. The highest BCUT2D eigenvalue weighted by molar-refractivity contribution is 7.91. The maximum absolute atomic E-state index is 11.8. The van der Waals surface area contributed by atoms with Crippen LogP contribution in [0.1, 0.15) is 6.42 Å². The molecule has 2 N–H and O–H groups in total. The number of rotatable bonds is 4. The zero-order valence-electron chi connectivity index (χ0n) is 11.3. The zero-order chi connectivity index (χ0) is 14.9. The summed E-state index contributed by atoms with van der Waals surface area (Å²) in [5, 5.41) is 5.69. The second kappa shape index (κ2) is 5.53. The van der Waals surface area contributed by atoms with Gasteiger partial charge in [-0.05, 0) is 18.6 Å². The van der Waals surface area contributed by atoms with Crippen molar-refractivity contribution in [3.63, 3.8) is 0 Å². The van der Waals surface area contributed by atoms with E-state index in [1.807, 2.05) is 0 Å². The van der Waals surface area contributed by atoms with Crippen LogP contribution >= 0.6 is 0 Å². The van der Waals surface area contributed by atoms with E-state index in [9.17, 15) is 13.2 Å². The minimum atomic E-state index is -2.93. The van der Waals surface area contributed by atoms with Crippen molar-refractivity contribution in [2.24, 2.45) is 0 Å². The summed E-state index contributed by atoms with van der Waals surface area (Å²) in [6.07, 6.45) is 0.555. The van der Waals surface area contributed by atoms with Gasteiger partial charge < -0.3 is 20.1 Å². The van der Waals surface area contributed by atoms with Crippen molar-refractivity contribution in [3.8, 4) is 11.5 Å². The summed E-state index contributed by atoms with van der Waals surface area (Å²) in [6, 6.07) is 5.01. The Morgan fingerprint density at radius 3 is 2.86 bits per heavy atom. The highest BCUT2D eigenvalue weighted by atomic mass is 32.2. The van der Waals surface area contributed by atoms with E-state index in [1.54, 1.807) is 18.2 Å². The van der Waals surface area contributed by atoms with Crippen molar-refractivity contribution in [2.75, 3.05) is 30.2 Å². The molecule has 0 aliphatic carbocycles. The number of nitrogens with one attached hydrogen (secondary N) is 2. The van der Waals surface area contributed by atoms with Crippen molar-refractivity contribution in [2.45, 2.75) is 12.5 Å². The number of anilines is 1. The Morgan fingerprint density at radius 1 is 1.29 bits per heavy atom. The van der Waals surface area contributed by atoms with Crippen LogP contribution in [0, 0.1) is 0 Å². The topological polar surface area (TPSA) is 93.7 Å². The first-order valence-corrected chi connectivity index (χ1v) is 8.47. The van der Waals surface area contributed by atoms with Gasteiger partial charge in [-0.1, -0.05) is 0 Å². The molecule has 8 heteroatoms. The van der Waals surface area contributed by atoms with Crippen LogP contribution in [0.3, 0.4) is 0 Å². The van der Waals surface area contributed by atoms with Crippen LogP contribution in [-0.4, -0.2) is 45.2 Å². The quantitative estimate of drug-likeness (QED) is 0.821. The minimum absolute atomic E-state index is 0.0780. The standard InChI is InChI=1S/C13H16N2O5S/c16-13(6-14-10-3-4-21(17,18)7-10)15-9-1-2-11-12(5-9)20-8-19-11/h1-2,5,10,14H,3-4,6-8H2,(H,15,16). The Labute approximate surface area is 122 Å². The van der Waals surface area contributed by atoms with E-state index in [2.05, 4.69) is 10.6 Å². The predicted molar refractivity (Wildman–Crippen MR) is 76.3 cm³/mol. The van der Waals surface area contributed by atoms with E-state index in [4.69, 9.17) is 9.47 Å². The highest BCUT2D eigenvalue weighted by Gasteiger charge is 2.27. The molecular weight excluding hydrogens is 296 g/mol. The van der Waals surface area contributed by atoms with E-state index in [-0.39, 0.29) is 36.8 Å². The third-order valence-corrected chi connectivity index (χ3v) is 5.21. The van der Waals surface area contributed by atoms with Gasteiger partial charge in [0, 0.05) is 17.8 Å². The fourth-order valence-electron chi connectivity index (χ4n) is 2.37. The summed E-state index contributed by atoms with van der Waals surface area (Å²) < 4.78 is 33.1. The first-order valence-electron chi connectivity index (χ1n) is 6.65. The number of carbonyl (C=O) groups excluding carboxylic acids is 1. The molecule has 2 aliphatic heterocycles. The lowest BCUT2D eigenvalue weighted by molar-refractivity contribution is -0.115. The molecule has 1 aromatic carbocycles. The molecule has 1 amide bonds. The van der Waals surface area contributed by atoms with Crippen molar-refractivity contribution in [1.82, 2.24) is 5.32 Å². The Balaban J connectivity index is 1.50. The number of carbonyl (C=O) groups is 1. The Kier molecular flexibility index (Phi) is 3.73. The molecule has 0 aromatic heterocycles. The first-order chi connectivity index (χ1) is 10.0. The smallest absolute Gasteiger partial charge is 0.238 e. The van der Waals surface area contributed by atoms with Crippen LogP contribution in [0.5, 0.6) is 11.5 Å². The molecule has 3 rings (SSSR count). The Morgan fingerprint density at radius 2 is 2.10 bits per heavy atom. The lowest BCUT2D eigenvalue weighted by Gasteiger charge is -2.11. The van der Waals surface area contributed by atoms with Gasteiger partial charge in [0.15, 0.2) is 21.3 Å². The minimum Gasteiger partial charge on any atom is -0.454 e. The van der Waals surface area contributed by atoms with Gasteiger partial charge in [-0.2, -0.15) is 0 Å². The molecule has 1 aromatic rings.